The Labute approximate surface area is 146 Å². The lowest BCUT2D eigenvalue weighted by atomic mass is 10.2. The van der Waals surface area contributed by atoms with Crippen LogP contribution in [-0.4, -0.2) is 0 Å². The van der Waals surface area contributed by atoms with Gasteiger partial charge in [0.1, 0.15) is 0 Å². The van der Waals surface area contributed by atoms with Gasteiger partial charge in [0.15, 0.2) is 0 Å². The largest absolute Gasteiger partial charge is 0.132 e. The molecule has 1 aromatic carbocycles. The van der Waals surface area contributed by atoms with Crippen molar-refractivity contribution >= 4 is 11.3 Å². The first-order valence-electron chi connectivity index (χ1n) is 8.30. The van der Waals surface area contributed by atoms with Crippen LogP contribution in [-0.2, 0) is 0 Å². The molecule has 0 saturated heterocycles. The van der Waals surface area contributed by atoms with E-state index in [9.17, 15) is 0 Å². The van der Waals surface area contributed by atoms with Crippen LogP contribution >= 0.6 is 11.3 Å². The molecule has 0 amide bonds. The SMILES string of the molecule is C1=CCC=C1.CC.CC.Cc1ccc(C#Cc2ccccc2)s1. The molecule has 0 atom stereocenters. The van der Waals surface area contributed by atoms with Crippen LogP contribution in [0.3, 0.4) is 0 Å². The first kappa shape index (κ1) is 21.0. The molecule has 3 rings (SSSR count). The third kappa shape index (κ3) is 10.3. The zero-order chi connectivity index (χ0) is 17.3. The van der Waals surface area contributed by atoms with Crippen LogP contribution in [0.25, 0.3) is 0 Å². The van der Waals surface area contributed by atoms with Gasteiger partial charge in [0.25, 0.3) is 0 Å². The minimum atomic E-state index is 1.07. The molecule has 1 heterocycles. The second kappa shape index (κ2) is 14.9. The average Bonchev–Trinajstić information content (AvgIpc) is 3.33. The minimum Gasteiger partial charge on any atom is -0.132 e. The number of benzene rings is 1. The lowest BCUT2D eigenvalue weighted by molar-refractivity contribution is 1.45. The Morgan fingerprint density at radius 1 is 0.783 bits per heavy atom. The molecule has 1 heteroatoms. The van der Waals surface area contributed by atoms with Gasteiger partial charge in [0.05, 0.1) is 4.88 Å². The zero-order valence-corrected chi connectivity index (χ0v) is 15.8. The van der Waals surface area contributed by atoms with Gasteiger partial charge in [-0.15, -0.1) is 11.3 Å². The predicted molar refractivity (Wildman–Crippen MR) is 107 cm³/mol. The van der Waals surface area contributed by atoms with Gasteiger partial charge in [-0.1, -0.05) is 82.0 Å². The van der Waals surface area contributed by atoms with Crippen molar-refractivity contribution in [3.8, 4) is 11.8 Å². The quantitative estimate of drug-likeness (QED) is 0.457. The van der Waals surface area contributed by atoms with Crippen molar-refractivity contribution in [1.29, 1.82) is 0 Å². The molecule has 0 bridgehead atoms. The lowest BCUT2D eigenvalue weighted by Gasteiger charge is -1.85. The molecule has 0 unspecified atom stereocenters. The molecule has 0 nitrogen and oxygen atoms in total. The molecule has 122 valence electrons. The van der Waals surface area contributed by atoms with Gasteiger partial charge < -0.3 is 0 Å². The summed E-state index contributed by atoms with van der Waals surface area (Å²) >= 11 is 1.73. The molecule has 0 aliphatic heterocycles. The van der Waals surface area contributed by atoms with Crippen molar-refractivity contribution in [3.63, 3.8) is 0 Å². The van der Waals surface area contributed by atoms with Crippen molar-refractivity contribution in [3.05, 3.63) is 82.1 Å². The molecular formula is C22H28S. The van der Waals surface area contributed by atoms with Crippen LogP contribution in [0.4, 0.5) is 0 Å². The number of hydrogen-bond donors (Lipinski definition) is 0. The summed E-state index contributed by atoms with van der Waals surface area (Å²) in [5.74, 6) is 6.28. The fourth-order valence-corrected chi connectivity index (χ4v) is 2.27. The Balaban J connectivity index is 0.000000449. The first-order chi connectivity index (χ1) is 11.3. The Morgan fingerprint density at radius 2 is 1.39 bits per heavy atom. The maximum Gasteiger partial charge on any atom is 0.0775 e. The highest BCUT2D eigenvalue weighted by molar-refractivity contribution is 7.12. The van der Waals surface area contributed by atoms with Crippen LogP contribution < -0.4 is 0 Å². The number of rotatable bonds is 0. The molecule has 23 heavy (non-hydrogen) atoms. The second-order valence-electron chi connectivity index (χ2n) is 4.12. The van der Waals surface area contributed by atoms with Gasteiger partial charge in [-0.05, 0) is 37.6 Å². The van der Waals surface area contributed by atoms with Crippen LogP contribution in [0.2, 0.25) is 0 Å². The number of hydrogen-bond acceptors (Lipinski definition) is 1. The molecular weight excluding hydrogens is 296 g/mol. The van der Waals surface area contributed by atoms with Gasteiger partial charge >= 0.3 is 0 Å². The van der Waals surface area contributed by atoms with E-state index in [0.717, 1.165) is 16.9 Å². The second-order valence-corrected chi connectivity index (χ2v) is 5.41. The molecule has 2 aromatic rings. The van der Waals surface area contributed by atoms with E-state index in [1.54, 1.807) is 11.3 Å². The zero-order valence-electron chi connectivity index (χ0n) is 15.0. The minimum absolute atomic E-state index is 1.07. The summed E-state index contributed by atoms with van der Waals surface area (Å²) in [6.07, 6.45) is 9.50. The van der Waals surface area contributed by atoms with Gasteiger partial charge in [-0.3, -0.25) is 0 Å². The van der Waals surface area contributed by atoms with E-state index in [4.69, 9.17) is 0 Å². The fraction of sp³-hybridized carbons (Fsp3) is 0.273. The number of thiophene rings is 1. The Bertz CT molecular complexity index is 609. The third-order valence-corrected chi connectivity index (χ3v) is 3.42. The third-order valence-electron chi connectivity index (χ3n) is 2.50. The number of allylic oxidation sites excluding steroid dienone is 4. The summed E-state index contributed by atoms with van der Waals surface area (Å²) in [5, 5.41) is 0. The van der Waals surface area contributed by atoms with E-state index >= 15 is 0 Å². The maximum atomic E-state index is 3.15. The summed E-state index contributed by atoms with van der Waals surface area (Å²) in [6, 6.07) is 14.2. The normalized spacial score (nSPS) is 9.96. The van der Waals surface area contributed by atoms with Gasteiger partial charge in [-0.25, -0.2) is 0 Å². The lowest BCUT2D eigenvalue weighted by Crippen LogP contribution is -1.70. The molecule has 1 aromatic heterocycles. The molecule has 0 N–H and O–H groups in total. The van der Waals surface area contributed by atoms with Crippen molar-refractivity contribution in [2.75, 3.05) is 0 Å². The monoisotopic (exact) mass is 324 g/mol. The highest BCUT2D eigenvalue weighted by atomic mass is 32.1. The van der Waals surface area contributed by atoms with Crippen molar-refractivity contribution in [2.45, 2.75) is 41.0 Å². The van der Waals surface area contributed by atoms with Gasteiger partial charge in [-0.2, -0.15) is 0 Å². The van der Waals surface area contributed by atoms with Crippen LogP contribution in [0, 0.1) is 18.8 Å². The van der Waals surface area contributed by atoms with E-state index in [0.29, 0.717) is 0 Å². The Hall–Kier alpha value is -2.04. The smallest absolute Gasteiger partial charge is 0.0775 e. The van der Waals surface area contributed by atoms with Gasteiger partial charge in [0.2, 0.25) is 0 Å². The molecule has 0 fully saturated rings. The van der Waals surface area contributed by atoms with Crippen LogP contribution in [0.15, 0.2) is 66.8 Å². The maximum absolute atomic E-state index is 3.15. The molecule has 1 aliphatic rings. The highest BCUT2D eigenvalue weighted by Gasteiger charge is 1.90. The first-order valence-corrected chi connectivity index (χ1v) is 9.11. The summed E-state index contributed by atoms with van der Waals surface area (Å²) in [7, 11) is 0. The highest BCUT2D eigenvalue weighted by Crippen LogP contribution is 2.13. The van der Waals surface area contributed by atoms with E-state index in [1.165, 1.54) is 4.88 Å². The fourth-order valence-electron chi connectivity index (χ4n) is 1.55. The summed E-state index contributed by atoms with van der Waals surface area (Å²) in [6.45, 7) is 10.1. The van der Waals surface area contributed by atoms with Crippen molar-refractivity contribution in [2.24, 2.45) is 0 Å². The van der Waals surface area contributed by atoms with Crippen molar-refractivity contribution < 1.29 is 0 Å². The molecule has 0 spiro atoms. The molecule has 0 saturated carbocycles. The molecule has 0 radical (unpaired) electrons. The topological polar surface area (TPSA) is 0 Å². The Morgan fingerprint density at radius 3 is 1.83 bits per heavy atom. The van der Waals surface area contributed by atoms with E-state index in [2.05, 4.69) is 55.2 Å². The summed E-state index contributed by atoms with van der Waals surface area (Å²) < 4.78 is 0. The van der Waals surface area contributed by atoms with E-state index in [-0.39, 0.29) is 0 Å². The van der Waals surface area contributed by atoms with E-state index < -0.39 is 0 Å². The summed E-state index contributed by atoms with van der Waals surface area (Å²) in [4.78, 5) is 2.44. The van der Waals surface area contributed by atoms with E-state index in [1.807, 2.05) is 58.0 Å². The molecule has 1 aliphatic carbocycles. The number of aryl methyl sites for hydroxylation is 1. The van der Waals surface area contributed by atoms with Crippen molar-refractivity contribution in [1.82, 2.24) is 0 Å². The standard InChI is InChI=1S/C13H10S.C5H6.2C2H6/c1-11-7-9-13(14-11)10-8-12-5-3-2-4-6-12;1-2-4-5-3-1;2*1-2/h2-7,9H,1H3;1-4H,5H2;2*1-2H3. The predicted octanol–water partition coefficient (Wildman–Crippen LogP) is 7.01. The average molecular weight is 325 g/mol. The van der Waals surface area contributed by atoms with Crippen LogP contribution in [0.5, 0.6) is 0 Å². The van der Waals surface area contributed by atoms with Crippen LogP contribution in [0.1, 0.15) is 49.4 Å². The Kier molecular flexibility index (Phi) is 13.6. The summed E-state index contributed by atoms with van der Waals surface area (Å²) in [5.41, 5.74) is 1.07. The van der Waals surface area contributed by atoms with Gasteiger partial charge in [0, 0.05) is 10.4 Å².